The van der Waals surface area contributed by atoms with E-state index in [1.807, 2.05) is 60.9 Å². The van der Waals surface area contributed by atoms with Crippen LogP contribution in [0.5, 0.6) is 0 Å². The number of furan rings is 1. The molecule has 0 aliphatic rings. The molecule has 0 atom stereocenters. The van der Waals surface area contributed by atoms with Crippen LogP contribution in [-0.2, 0) is 13.0 Å². The molecule has 0 aliphatic heterocycles. The molecule has 3 aromatic heterocycles. The van der Waals surface area contributed by atoms with Crippen molar-refractivity contribution in [3.8, 4) is 11.5 Å². The first-order valence-corrected chi connectivity index (χ1v) is 8.02. The van der Waals surface area contributed by atoms with Crippen LogP contribution in [-0.4, -0.2) is 21.7 Å². The second-order valence-corrected chi connectivity index (χ2v) is 5.67. The fraction of sp³-hybridized carbons (Fsp3) is 0.158. The number of aromatic nitrogens is 3. The number of benzene rings is 1. The maximum atomic E-state index is 5.92. The third-order valence-corrected chi connectivity index (χ3v) is 3.99. The predicted molar refractivity (Wildman–Crippen MR) is 93.4 cm³/mol. The van der Waals surface area contributed by atoms with E-state index in [0.29, 0.717) is 0 Å². The van der Waals surface area contributed by atoms with Gasteiger partial charge in [0, 0.05) is 42.4 Å². The van der Waals surface area contributed by atoms with Crippen molar-refractivity contribution in [2.24, 2.45) is 0 Å². The average molecular weight is 318 g/mol. The molecule has 2 N–H and O–H groups in total. The predicted octanol–water partition coefficient (Wildman–Crippen LogP) is 3.55. The highest BCUT2D eigenvalue weighted by Gasteiger charge is 2.12. The van der Waals surface area contributed by atoms with Gasteiger partial charge in [-0.2, -0.15) is 5.10 Å². The molecular formula is C19H18N4O. The summed E-state index contributed by atoms with van der Waals surface area (Å²) in [6, 6.07) is 16.0. The summed E-state index contributed by atoms with van der Waals surface area (Å²) < 4.78 is 5.92. The van der Waals surface area contributed by atoms with Crippen molar-refractivity contribution in [2.45, 2.75) is 13.0 Å². The van der Waals surface area contributed by atoms with Gasteiger partial charge in [-0.05, 0) is 24.3 Å². The van der Waals surface area contributed by atoms with Crippen molar-refractivity contribution in [2.75, 3.05) is 6.54 Å². The van der Waals surface area contributed by atoms with Crippen LogP contribution in [0.2, 0.25) is 0 Å². The van der Waals surface area contributed by atoms with E-state index < -0.39 is 0 Å². The lowest BCUT2D eigenvalue weighted by molar-refractivity contribution is 0.624. The van der Waals surface area contributed by atoms with Crippen molar-refractivity contribution >= 4 is 11.0 Å². The third kappa shape index (κ3) is 3.07. The molecule has 0 bridgehead atoms. The van der Waals surface area contributed by atoms with Gasteiger partial charge in [-0.1, -0.05) is 24.3 Å². The summed E-state index contributed by atoms with van der Waals surface area (Å²) in [6.45, 7) is 1.59. The molecular weight excluding hydrogens is 300 g/mol. The molecule has 5 heteroatoms. The number of para-hydroxylation sites is 1. The molecule has 0 saturated carbocycles. The van der Waals surface area contributed by atoms with Gasteiger partial charge in [-0.15, -0.1) is 0 Å². The second kappa shape index (κ2) is 6.68. The molecule has 0 spiro atoms. The highest BCUT2D eigenvalue weighted by atomic mass is 16.3. The Labute approximate surface area is 139 Å². The number of rotatable bonds is 6. The Hall–Kier alpha value is -2.92. The molecule has 0 radical (unpaired) electrons. The minimum Gasteiger partial charge on any atom is -0.454 e. The zero-order chi connectivity index (χ0) is 16.2. The summed E-state index contributed by atoms with van der Waals surface area (Å²) in [7, 11) is 0. The Morgan fingerprint density at radius 2 is 2.00 bits per heavy atom. The lowest BCUT2D eigenvalue weighted by Gasteiger charge is -2.04. The van der Waals surface area contributed by atoms with E-state index in [0.717, 1.165) is 53.2 Å². The van der Waals surface area contributed by atoms with Crippen molar-refractivity contribution in [1.29, 1.82) is 0 Å². The Bertz CT molecular complexity index is 894. The summed E-state index contributed by atoms with van der Waals surface area (Å²) in [6.07, 6.45) is 4.57. The maximum absolute atomic E-state index is 5.92. The molecule has 1 aromatic carbocycles. The van der Waals surface area contributed by atoms with Gasteiger partial charge >= 0.3 is 0 Å². The van der Waals surface area contributed by atoms with Crippen LogP contribution in [0.3, 0.4) is 0 Å². The van der Waals surface area contributed by atoms with E-state index in [-0.39, 0.29) is 0 Å². The molecule has 0 fully saturated rings. The maximum Gasteiger partial charge on any atom is 0.153 e. The topological polar surface area (TPSA) is 66.7 Å². The smallest absolute Gasteiger partial charge is 0.153 e. The quantitative estimate of drug-likeness (QED) is 0.534. The van der Waals surface area contributed by atoms with Crippen LogP contribution in [0.1, 0.15) is 11.3 Å². The van der Waals surface area contributed by atoms with Crippen molar-refractivity contribution in [1.82, 2.24) is 20.5 Å². The number of nitrogens with one attached hydrogen (secondary N) is 2. The van der Waals surface area contributed by atoms with Crippen LogP contribution >= 0.6 is 0 Å². The summed E-state index contributed by atoms with van der Waals surface area (Å²) in [5.74, 6) is 0.815. The second-order valence-electron chi connectivity index (χ2n) is 5.67. The molecule has 5 nitrogen and oxygen atoms in total. The highest BCUT2D eigenvalue weighted by molar-refractivity contribution is 5.82. The van der Waals surface area contributed by atoms with Gasteiger partial charge < -0.3 is 9.73 Å². The van der Waals surface area contributed by atoms with E-state index >= 15 is 0 Å². The van der Waals surface area contributed by atoms with Gasteiger partial charge in [-0.3, -0.25) is 10.1 Å². The van der Waals surface area contributed by atoms with Crippen LogP contribution in [0.25, 0.3) is 22.4 Å². The highest BCUT2D eigenvalue weighted by Crippen LogP contribution is 2.28. The molecule has 0 unspecified atom stereocenters. The molecule has 0 amide bonds. The first kappa shape index (κ1) is 14.7. The molecule has 120 valence electrons. The monoisotopic (exact) mass is 318 g/mol. The van der Waals surface area contributed by atoms with E-state index in [2.05, 4.69) is 20.5 Å². The van der Waals surface area contributed by atoms with E-state index in [1.54, 1.807) is 0 Å². The Morgan fingerprint density at radius 3 is 2.88 bits per heavy atom. The summed E-state index contributed by atoms with van der Waals surface area (Å²) >= 11 is 0. The van der Waals surface area contributed by atoms with Crippen LogP contribution in [0.15, 0.2) is 65.3 Å². The minimum absolute atomic E-state index is 0.732. The fourth-order valence-electron chi connectivity index (χ4n) is 2.75. The largest absolute Gasteiger partial charge is 0.454 e. The third-order valence-electron chi connectivity index (χ3n) is 3.99. The van der Waals surface area contributed by atoms with Crippen molar-refractivity contribution < 1.29 is 4.42 Å². The van der Waals surface area contributed by atoms with Crippen molar-refractivity contribution in [3.63, 3.8) is 0 Å². The first-order chi connectivity index (χ1) is 11.9. The fourth-order valence-corrected chi connectivity index (χ4v) is 2.75. The zero-order valence-corrected chi connectivity index (χ0v) is 13.2. The van der Waals surface area contributed by atoms with Crippen LogP contribution < -0.4 is 5.32 Å². The lowest BCUT2D eigenvalue weighted by atomic mass is 10.2. The molecule has 4 aromatic rings. The first-order valence-electron chi connectivity index (χ1n) is 8.02. The number of pyridine rings is 1. The molecule has 3 heterocycles. The number of fused-ring (bicyclic) bond motifs is 1. The minimum atomic E-state index is 0.732. The number of aromatic amines is 1. The Morgan fingerprint density at radius 1 is 1.08 bits per heavy atom. The molecule has 0 aliphatic carbocycles. The van der Waals surface area contributed by atoms with E-state index in [9.17, 15) is 0 Å². The van der Waals surface area contributed by atoms with Gasteiger partial charge in [-0.25, -0.2) is 0 Å². The van der Waals surface area contributed by atoms with E-state index in [4.69, 9.17) is 4.42 Å². The zero-order valence-electron chi connectivity index (χ0n) is 13.2. The molecule has 0 saturated heterocycles. The Kier molecular flexibility index (Phi) is 4.08. The van der Waals surface area contributed by atoms with Gasteiger partial charge in [0.15, 0.2) is 5.76 Å². The summed E-state index contributed by atoms with van der Waals surface area (Å²) in [4.78, 5) is 4.33. The number of nitrogens with zero attached hydrogens (tertiary/aromatic N) is 2. The molecule has 4 rings (SSSR count). The number of H-pyrrole nitrogens is 1. The summed E-state index contributed by atoms with van der Waals surface area (Å²) in [5, 5.41) is 11.7. The normalized spacial score (nSPS) is 11.2. The Balaban J connectivity index is 1.43. The number of hydrogen-bond acceptors (Lipinski definition) is 4. The van der Waals surface area contributed by atoms with E-state index in [1.165, 1.54) is 0 Å². The van der Waals surface area contributed by atoms with Crippen molar-refractivity contribution in [3.05, 3.63) is 72.2 Å². The summed E-state index contributed by atoms with van der Waals surface area (Å²) in [5.41, 5.74) is 4.00. The lowest BCUT2D eigenvalue weighted by Crippen LogP contribution is -2.17. The SMILES string of the molecule is c1ccc(CCNCc2cn[nH]c2-c2cc3ccccc3o2)nc1. The molecule has 24 heavy (non-hydrogen) atoms. The van der Waals surface area contributed by atoms with Crippen LogP contribution in [0.4, 0.5) is 0 Å². The van der Waals surface area contributed by atoms with Gasteiger partial charge in [0.1, 0.15) is 11.3 Å². The van der Waals surface area contributed by atoms with Crippen LogP contribution in [0, 0.1) is 0 Å². The van der Waals surface area contributed by atoms with Gasteiger partial charge in [0.25, 0.3) is 0 Å². The standard InChI is InChI=1S/C19H18N4O/c1-2-7-17-14(5-1)11-18(24-17)19-15(13-22-23-19)12-20-10-8-16-6-3-4-9-21-16/h1-7,9,11,13,20H,8,10,12H2,(H,22,23). The average Bonchev–Trinajstić information content (AvgIpc) is 3.25. The van der Waals surface area contributed by atoms with Gasteiger partial charge in [0.2, 0.25) is 0 Å². The van der Waals surface area contributed by atoms with Gasteiger partial charge in [0.05, 0.1) is 6.20 Å². The number of hydrogen-bond donors (Lipinski definition) is 2.